The third kappa shape index (κ3) is 14.7. The van der Waals surface area contributed by atoms with Crippen molar-refractivity contribution in [2.45, 2.75) is 6.42 Å². The summed E-state index contributed by atoms with van der Waals surface area (Å²) in [5.74, 6) is 0. The van der Waals surface area contributed by atoms with Crippen molar-refractivity contribution >= 4 is 87.2 Å². The number of para-hydroxylation sites is 2. The second-order valence-corrected chi connectivity index (χ2v) is 35.4. The molecule has 23 aromatic rings. The molecular weight excluding hydrogens is 1810 g/mol. The Morgan fingerprint density at radius 3 is 0.762 bits per heavy atom. The summed E-state index contributed by atoms with van der Waals surface area (Å²) in [5.41, 5.74) is 23.6. The van der Waals surface area contributed by atoms with Gasteiger partial charge >= 0.3 is 0 Å². The number of nitriles is 14. The molecule has 147 heavy (non-hydrogen) atoms. The highest BCUT2D eigenvalue weighted by Gasteiger charge is 2.30. The Kier molecular flexibility index (Phi) is 21.5. The third-order valence-corrected chi connectivity index (χ3v) is 27.5. The molecule has 23 rings (SSSR count). The first kappa shape index (κ1) is 88.1. The Morgan fingerprint density at radius 1 is 0.177 bits per heavy atom. The van der Waals surface area contributed by atoms with Crippen LogP contribution in [0.5, 0.6) is 0 Å². The van der Waals surface area contributed by atoms with Gasteiger partial charge in [-0.25, -0.2) is 4.98 Å². The molecule has 17 aromatic carbocycles. The summed E-state index contributed by atoms with van der Waals surface area (Å²) in [6.07, 6.45) is 0.0671. The average molecular weight is 1870 g/mol. The van der Waals surface area contributed by atoms with Crippen LogP contribution in [0.1, 0.15) is 89.1 Å². The van der Waals surface area contributed by atoms with Crippen molar-refractivity contribution in [3.8, 4) is 208 Å². The number of benzene rings is 17. The van der Waals surface area contributed by atoms with Crippen molar-refractivity contribution in [1.82, 2.24) is 28.2 Å². The van der Waals surface area contributed by atoms with Crippen LogP contribution in [0.3, 0.4) is 0 Å². The molecule has 0 bridgehead atoms. The van der Waals surface area contributed by atoms with Gasteiger partial charge in [0.05, 0.1) is 224 Å². The molecule has 0 amide bonds. The Labute approximate surface area is 839 Å². The zero-order valence-electron chi connectivity index (χ0n) is 77.1. The highest BCUT2D eigenvalue weighted by molar-refractivity contribution is 6.17. The lowest BCUT2D eigenvalue weighted by molar-refractivity contribution is 1.07. The van der Waals surface area contributed by atoms with Gasteiger partial charge in [0.15, 0.2) is 0 Å². The van der Waals surface area contributed by atoms with Crippen LogP contribution < -0.4 is 0 Å². The van der Waals surface area contributed by atoms with Gasteiger partial charge in [-0.15, -0.1) is 0 Å². The molecular formula is C127H60N20. The molecule has 0 saturated carbocycles. The molecule has 20 nitrogen and oxygen atoms in total. The minimum atomic E-state index is 0.0671. The van der Waals surface area contributed by atoms with Gasteiger partial charge in [0.2, 0.25) is 0 Å². The first-order valence-electron chi connectivity index (χ1n) is 46.3. The maximum Gasteiger partial charge on any atom is 0.104 e. The Morgan fingerprint density at radius 2 is 0.449 bits per heavy atom. The van der Waals surface area contributed by atoms with Crippen LogP contribution in [0.15, 0.2) is 352 Å². The summed E-state index contributed by atoms with van der Waals surface area (Å²) >= 11 is 0. The molecule has 6 heterocycles. The van der Waals surface area contributed by atoms with Gasteiger partial charge < -0.3 is 18.3 Å². The van der Waals surface area contributed by atoms with E-state index in [4.69, 9.17) is 9.97 Å². The Hall–Kier alpha value is -22.9. The maximum absolute atomic E-state index is 12.5. The fraction of sp³-hybridized carbons (Fsp3) is 0.00787. The summed E-state index contributed by atoms with van der Waals surface area (Å²) in [4.78, 5) is 10.9. The number of hydrogen-bond donors (Lipinski definition) is 0. The minimum Gasteiger partial charge on any atom is -0.308 e. The molecule has 0 saturated heterocycles. The fourth-order valence-electron chi connectivity index (χ4n) is 20.8. The summed E-state index contributed by atoms with van der Waals surface area (Å²) in [5, 5.41) is 157. The highest BCUT2D eigenvalue weighted by atomic mass is 15.0. The van der Waals surface area contributed by atoms with Crippen molar-refractivity contribution in [2.75, 3.05) is 0 Å². The van der Waals surface area contributed by atoms with Crippen LogP contribution in [0.2, 0.25) is 0 Å². The number of aromatic nitrogens is 6. The van der Waals surface area contributed by atoms with Crippen LogP contribution in [-0.2, 0) is 6.42 Å². The third-order valence-electron chi connectivity index (χ3n) is 27.5. The smallest absolute Gasteiger partial charge is 0.104 e. The van der Waals surface area contributed by atoms with Crippen LogP contribution >= 0.6 is 0 Å². The zero-order chi connectivity index (χ0) is 101. The Balaban J connectivity index is 0.715. The molecule has 6 aromatic heterocycles. The van der Waals surface area contributed by atoms with Crippen molar-refractivity contribution in [3.63, 3.8) is 0 Å². The number of hydrogen-bond acceptors (Lipinski definition) is 16. The largest absolute Gasteiger partial charge is 0.308 e. The van der Waals surface area contributed by atoms with Crippen molar-refractivity contribution < 1.29 is 0 Å². The average Bonchev–Trinajstić information content (AvgIpc) is 1.56. The second kappa shape index (κ2) is 35.9. The maximum atomic E-state index is 12.5. The Bertz CT molecular complexity index is 10200. The monoisotopic (exact) mass is 1860 g/mol. The van der Waals surface area contributed by atoms with Crippen LogP contribution in [-0.4, -0.2) is 28.2 Å². The van der Waals surface area contributed by atoms with Crippen molar-refractivity contribution in [3.05, 3.63) is 441 Å². The zero-order valence-corrected chi connectivity index (χ0v) is 77.1. The minimum absolute atomic E-state index is 0.0671. The molecule has 0 radical (unpaired) electrons. The number of nitrogens with zero attached hydrogens (tertiary/aromatic N) is 20. The lowest BCUT2D eigenvalue weighted by atomic mass is 9.91. The molecule has 0 fully saturated rings. The van der Waals surface area contributed by atoms with E-state index in [0.717, 1.165) is 60.3 Å². The summed E-state index contributed by atoms with van der Waals surface area (Å²) in [7, 11) is 0. The number of pyridine rings is 2. The van der Waals surface area contributed by atoms with Gasteiger partial charge in [0.1, 0.15) is 23.3 Å². The van der Waals surface area contributed by atoms with E-state index in [1.165, 1.54) is 0 Å². The predicted octanol–water partition coefficient (Wildman–Crippen LogP) is 27.7. The van der Waals surface area contributed by atoms with Gasteiger partial charge in [-0.1, -0.05) is 146 Å². The van der Waals surface area contributed by atoms with E-state index < -0.39 is 0 Å². The van der Waals surface area contributed by atoms with Crippen LogP contribution in [0.25, 0.3) is 211 Å². The lowest BCUT2D eigenvalue weighted by Gasteiger charge is -2.19. The van der Waals surface area contributed by atoms with E-state index in [9.17, 15) is 73.7 Å². The molecule has 20 heteroatoms. The second-order valence-electron chi connectivity index (χ2n) is 35.4. The van der Waals surface area contributed by atoms with Crippen molar-refractivity contribution in [2.24, 2.45) is 0 Å². The van der Waals surface area contributed by atoms with E-state index in [1.54, 1.807) is 97.1 Å². The first-order chi connectivity index (χ1) is 72.2. The lowest BCUT2D eigenvalue weighted by Crippen LogP contribution is -2.06. The van der Waals surface area contributed by atoms with Crippen LogP contribution in [0.4, 0.5) is 0 Å². The molecule has 0 atom stereocenters. The van der Waals surface area contributed by atoms with E-state index in [1.807, 2.05) is 264 Å². The van der Waals surface area contributed by atoms with E-state index in [0.29, 0.717) is 200 Å². The molecule has 0 aliphatic rings. The van der Waals surface area contributed by atoms with Gasteiger partial charge in [0, 0.05) is 71.9 Å². The SMILES string of the molecule is N#Cc1ccc(-c2ccc3c(c2)c2ccccc2n3-c2cc(-c3cccc(Cc4cc(-c5ccc6c(c5)c5cc(-c7ccc(C#N)cc7C#N)ccc5n6-c5cc(-c6cccc(-c7ccccc7)n6)cc(-n6c7ccc(-c8ccc(C#N)cc8C#N)cc7c7cc(-c8ccc(C#N)cc8C#N)ccc76)c5C#N)c(C#N)cc4C#N)n3)cc(-n3c4ccccc4c4cc(-c5ccc(C#N)cc5C#N)ccc43)c2C#N)c(C#N)c1. The fourth-order valence-corrected chi connectivity index (χ4v) is 20.8. The van der Waals surface area contributed by atoms with Gasteiger partial charge in [-0.05, 0) is 279 Å². The summed E-state index contributed by atoms with van der Waals surface area (Å²) in [6, 6.07) is 141. The summed E-state index contributed by atoms with van der Waals surface area (Å²) < 4.78 is 8.22. The van der Waals surface area contributed by atoms with Crippen molar-refractivity contribution in [1.29, 1.82) is 73.7 Å². The normalized spacial score (nSPS) is 10.9. The van der Waals surface area contributed by atoms with Gasteiger partial charge in [0.25, 0.3) is 0 Å². The predicted molar refractivity (Wildman–Crippen MR) is 564 cm³/mol. The molecule has 0 aliphatic heterocycles. The molecule has 0 aliphatic carbocycles. The standard InChI is InChI=1S/C127H60N20/c128-60-74-20-31-97(90(42-74)66-134)80-25-36-118-105(49-80)102-13-4-6-18-116(102)144(118)124-56-87(57-125(111(124)72-140)145-117-19-7-5-14-103(117)106-50-81(26-37-119(106)145)98-32-21-75(61-129)43-91(98)67-135)114-15-8-12-96(142-114)48-86-55-104(95(71-139)47-89(86)65-133)85-30-41-123-110(54-85)109-53-84(101-35-24-78(64-132)46-94(101)70-138)29-40-122(109)147(123)127-59-88(115-17-9-16-113(143-115)79-10-2-1-3-11-79)58-126(112(127)73-141)146-120-38-27-82(99-33-22-76(62-130)44-92(99)68-136)51-107(120)108-52-83(28-39-121(108)146)100-34-23-77(63-131)45-93(100)69-137/h1-47,49-59H,48H2. The van der Waals surface area contributed by atoms with Gasteiger partial charge in [-0.2, -0.15) is 73.7 Å². The molecule has 0 N–H and O–H groups in total. The topological polar surface area (TPSA) is 379 Å². The van der Waals surface area contributed by atoms with E-state index >= 15 is 0 Å². The summed E-state index contributed by atoms with van der Waals surface area (Å²) in [6.45, 7) is 0. The number of rotatable bonds is 15. The molecule has 668 valence electrons. The molecule has 0 spiro atoms. The van der Waals surface area contributed by atoms with Gasteiger partial charge in [-0.3, -0.25) is 4.98 Å². The number of fused-ring (bicyclic) bond motifs is 12. The van der Waals surface area contributed by atoms with E-state index in [2.05, 4.69) is 94.1 Å². The highest BCUT2D eigenvalue weighted by Crippen LogP contribution is 2.49. The van der Waals surface area contributed by atoms with Crippen LogP contribution in [0, 0.1) is 159 Å². The molecule has 0 unspecified atom stereocenters. The van der Waals surface area contributed by atoms with E-state index in [-0.39, 0.29) is 45.4 Å². The first-order valence-corrected chi connectivity index (χ1v) is 46.3. The quantitative estimate of drug-likeness (QED) is 0.0920.